The molecule has 0 aliphatic carbocycles. The molecular weight excluding hydrogens is 226 g/mol. The SMILES string of the molecule is CCC(C)[C@H](N)c1ccc(O)cc1OC.Cl. The monoisotopic (exact) mass is 245 g/mol. The third kappa shape index (κ3) is 3.29. The fourth-order valence-corrected chi connectivity index (χ4v) is 1.54. The van der Waals surface area contributed by atoms with Crippen LogP contribution in [-0.4, -0.2) is 12.2 Å². The average molecular weight is 246 g/mol. The van der Waals surface area contributed by atoms with Gasteiger partial charge in [0.25, 0.3) is 0 Å². The lowest BCUT2D eigenvalue weighted by Gasteiger charge is -2.21. The smallest absolute Gasteiger partial charge is 0.127 e. The first kappa shape index (κ1) is 15.1. The van der Waals surface area contributed by atoms with Gasteiger partial charge in [0, 0.05) is 17.7 Å². The largest absolute Gasteiger partial charge is 0.508 e. The second-order valence-electron chi connectivity index (χ2n) is 3.84. The van der Waals surface area contributed by atoms with Crippen molar-refractivity contribution in [2.45, 2.75) is 26.3 Å². The van der Waals surface area contributed by atoms with Crippen LogP contribution in [0, 0.1) is 5.92 Å². The summed E-state index contributed by atoms with van der Waals surface area (Å²) < 4.78 is 5.20. The Morgan fingerprint density at radius 2 is 2.06 bits per heavy atom. The third-order valence-corrected chi connectivity index (χ3v) is 2.83. The standard InChI is InChI=1S/C12H19NO2.ClH/c1-4-8(2)12(13)10-6-5-9(14)7-11(10)15-3;/h5-8,12,14H,4,13H2,1-3H3;1H/t8?,12-;/m0./s1. The van der Waals surface area contributed by atoms with Crippen molar-refractivity contribution < 1.29 is 9.84 Å². The van der Waals surface area contributed by atoms with Gasteiger partial charge in [0.05, 0.1) is 7.11 Å². The van der Waals surface area contributed by atoms with Crippen LogP contribution in [0.4, 0.5) is 0 Å². The third-order valence-electron chi connectivity index (χ3n) is 2.83. The van der Waals surface area contributed by atoms with Crippen molar-refractivity contribution in [3.63, 3.8) is 0 Å². The molecule has 0 aliphatic rings. The summed E-state index contributed by atoms with van der Waals surface area (Å²) in [4.78, 5) is 0. The Labute approximate surface area is 103 Å². The van der Waals surface area contributed by atoms with Crippen molar-refractivity contribution in [1.29, 1.82) is 0 Å². The van der Waals surface area contributed by atoms with E-state index in [1.165, 1.54) is 0 Å². The lowest BCUT2D eigenvalue weighted by atomic mass is 9.92. The topological polar surface area (TPSA) is 55.5 Å². The highest BCUT2D eigenvalue weighted by Crippen LogP contribution is 2.32. The normalized spacial score (nSPS) is 13.8. The van der Waals surface area contributed by atoms with Gasteiger partial charge in [-0.05, 0) is 12.0 Å². The zero-order chi connectivity index (χ0) is 11.4. The number of nitrogens with two attached hydrogens (primary N) is 1. The Morgan fingerprint density at radius 3 is 2.56 bits per heavy atom. The number of ether oxygens (including phenoxy) is 1. The van der Waals surface area contributed by atoms with Crippen molar-refractivity contribution in [2.24, 2.45) is 11.7 Å². The number of aromatic hydroxyl groups is 1. The molecule has 0 saturated carbocycles. The average Bonchev–Trinajstić information content (AvgIpc) is 2.26. The summed E-state index contributed by atoms with van der Waals surface area (Å²) in [6.07, 6.45) is 1.02. The van der Waals surface area contributed by atoms with Gasteiger partial charge in [-0.2, -0.15) is 0 Å². The van der Waals surface area contributed by atoms with E-state index in [2.05, 4.69) is 13.8 Å². The van der Waals surface area contributed by atoms with Crippen LogP contribution in [0.2, 0.25) is 0 Å². The number of benzene rings is 1. The number of hydrogen-bond donors (Lipinski definition) is 2. The molecule has 92 valence electrons. The first-order valence-electron chi connectivity index (χ1n) is 5.22. The van der Waals surface area contributed by atoms with Gasteiger partial charge < -0.3 is 15.6 Å². The Bertz CT molecular complexity index is 331. The number of methoxy groups -OCH3 is 1. The van der Waals surface area contributed by atoms with Gasteiger partial charge in [0.1, 0.15) is 11.5 Å². The molecule has 3 N–H and O–H groups in total. The van der Waals surface area contributed by atoms with Crippen molar-refractivity contribution in [2.75, 3.05) is 7.11 Å². The maximum Gasteiger partial charge on any atom is 0.127 e. The molecule has 1 rings (SSSR count). The Kier molecular flexibility index (Phi) is 6.22. The summed E-state index contributed by atoms with van der Waals surface area (Å²) in [5.74, 6) is 1.25. The molecule has 0 radical (unpaired) electrons. The van der Waals surface area contributed by atoms with Crippen molar-refractivity contribution in [3.05, 3.63) is 23.8 Å². The molecule has 0 aliphatic heterocycles. The van der Waals surface area contributed by atoms with E-state index in [9.17, 15) is 5.11 Å². The quantitative estimate of drug-likeness (QED) is 0.858. The van der Waals surface area contributed by atoms with Gasteiger partial charge in [-0.3, -0.25) is 0 Å². The van der Waals surface area contributed by atoms with Gasteiger partial charge in [0.2, 0.25) is 0 Å². The van der Waals surface area contributed by atoms with E-state index >= 15 is 0 Å². The molecule has 2 atom stereocenters. The van der Waals surface area contributed by atoms with Crippen LogP contribution in [0.5, 0.6) is 11.5 Å². The van der Waals surface area contributed by atoms with Gasteiger partial charge in [0.15, 0.2) is 0 Å². The predicted molar refractivity (Wildman–Crippen MR) is 68.3 cm³/mol. The lowest BCUT2D eigenvalue weighted by molar-refractivity contribution is 0.383. The molecule has 1 aromatic rings. The van der Waals surface area contributed by atoms with E-state index in [1.54, 1.807) is 19.2 Å². The number of phenols is 1. The van der Waals surface area contributed by atoms with Gasteiger partial charge in [-0.1, -0.05) is 26.3 Å². The van der Waals surface area contributed by atoms with Gasteiger partial charge in [-0.15, -0.1) is 12.4 Å². The number of rotatable bonds is 4. The van der Waals surface area contributed by atoms with Crippen LogP contribution < -0.4 is 10.5 Å². The number of hydrogen-bond acceptors (Lipinski definition) is 3. The van der Waals surface area contributed by atoms with Gasteiger partial charge >= 0.3 is 0 Å². The summed E-state index contributed by atoms with van der Waals surface area (Å²) in [6.45, 7) is 4.22. The van der Waals surface area contributed by atoms with Crippen molar-refractivity contribution in [1.82, 2.24) is 0 Å². The second-order valence-corrected chi connectivity index (χ2v) is 3.84. The fourth-order valence-electron chi connectivity index (χ4n) is 1.54. The first-order chi connectivity index (χ1) is 7.10. The summed E-state index contributed by atoms with van der Waals surface area (Å²) in [5, 5.41) is 9.33. The molecule has 0 heterocycles. The fraction of sp³-hybridized carbons (Fsp3) is 0.500. The molecule has 0 fully saturated rings. The molecule has 4 heteroatoms. The summed E-state index contributed by atoms with van der Waals surface area (Å²) in [5.41, 5.74) is 7.06. The van der Waals surface area contributed by atoms with Crippen molar-refractivity contribution in [3.8, 4) is 11.5 Å². The molecule has 0 aromatic heterocycles. The van der Waals surface area contributed by atoms with Crippen LogP contribution in [0.15, 0.2) is 18.2 Å². The number of halogens is 1. The molecule has 16 heavy (non-hydrogen) atoms. The Balaban J connectivity index is 0.00000225. The molecule has 0 bridgehead atoms. The Hall–Kier alpha value is -0.930. The maximum atomic E-state index is 9.33. The minimum Gasteiger partial charge on any atom is -0.508 e. The van der Waals surface area contributed by atoms with E-state index in [0.29, 0.717) is 11.7 Å². The molecule has 0 saturated heterocycles. The highest BCUT2D eigenvalue weighted by molar-refractivity contribution is 5.85. The molecule has 0 spiro atoms. The van der Waals surface area contributed by atoms with Crippen LogP contribution in [0.3, 0.4) is 0 Å². The molecule has 0 amide bonds. The highest BCUT2D eigenvalue weighted by Gasteiger charge is 2.17. The Morgan fingerprint density at radius 1 is 1.44 bits per heavy atom. The van der Waals surface area contributed by atoms with Crippen LogP contribution in [0.25, 0.3) is 0 Å². The first-order valence-corrected chi connectivity index (χ1v) is 5.22. The van der Waals surface area contributed by atoms with E-state index in [4.69, 9.17) is 10.5 Å². The lowest BCUT2D eigenvalue weighted by Crippen LogP contribution is -2.19. The molecule has 3 nitrogen and oxygen atoms in total. The number of phenolic OH excluding ortho intramolecular Hbond substituents is 1. The highest BCUT2D eigenvalue weighted by atomic mass is 35.5. The van der Waals surface area contributed by atoms with Crippen LogP contribution in [-0.2, 0) is 0 Å². The molecule has 1 unspecified atom stereocenters. The second kappa shape index (κ2) is 6.61. The van der Waals surface area contributed by atoms with Gasteiger partial charge in [-0.25, -0.2) is 0 Å². The van der Waals surface area contributed by atoms with Crippen LogP contribution >= 0.6 is 12.4 Å². The van der Waals surface area contributed by atoms with E-state index < -0.39 is 0 Å². The zero-order valence-electron chi connectivity index (χ0n) is 9.93. The minimum atomic E-state index is -0.0504. The molecule has 1 aromatic carbocycles. The van der Waals surface area contributed by atoms with E-state index in [1.807, 2.05) is 6.07 Å². The van der Waals surface area contributed by atoms with Crippen LogP contribution in [0.1, 0.15) is 31.9 Å². The summed E-state index contributed by atoms with van der Waals surface area (Å²) in [7, 11) is 1.58. The molecular formula is C12H20ClNO2. The van der Waals surface area contributed by atoms with E-state index in [0.717, 1.165) is 12.0 Å². The van der Waals surface area contributed by atoms with Crippen molar-refractivity contribution >= 4 is 12.4 Å². The summed E-state index contributed by atoms with van der Waals surface area (Å²) in [6, 6.07) is 5.01. The van der Waals surface area contributed by atoms with E-state index in [-0.39, 0.29) is 24.2 Å². The minimum absolute atomic E-state index is 0. The predicted octanol–water partition coefficient (Wildman–Crippen LogP) is 2.87. The maximum absolute atomic E-state index is 9.33. The zero-order valence-corrected chi connectivity index (χ0v) is 10.8. The summed E-state index contributed by atoms with van der Waals surface area (Å²) >= 11 is 0.